The molecule has 0 aliphatic carbocycles. The molecule has 0 unspecified atom stereocenters. The van der Waals surface area contributed by atoms with Gasteiger partial charge in [-0.1, -0.05) is 60.1 Å². The molecular formula is C19H19BrN2O. The van der Waals surface area contributed by atoms with Gasteiger partial charge in [0, 0.05) is 22.4 Å². The van der Waals surface area contributed by atoms with Gasteiger partial charge in [-0.05, 0) is 23.8 Å². The average molecular weight is 371 g/mol. The minimum atomic E-state index is -0.0113. The molecule has 2 heterocycles. The molecule has 0 fully saturated rings. The van der Waals surface area contributed by atoms with Gasteiger partial charge < -0.3 is 4.74 Å². The Morgan fingerprint density at radius 2 is 1.87 bits per heavy atom. The number of ether oxygens (including phenoxy) is 1. The van der Waals surface area contributed by atoms with Crippen LogP contribution < -0.4 is 4.74 Å². The third-order valence-corrected chi connectivity index (χ3v) is 5.01. The monoisotopic (exact) mass is 370 g/mol. The predicted octanol–water partition coefficient (Wildman–Crippen LogP) is 4.97. The molecule has 23 heavy (non-hydrogen) atoms. The minimum Gasteiger partial charge on any atom is -0.468 e. The molecule has 0 radical (unpaired) electrons. The van der Waals surface area contributed by atoms with E-state index in [-0.39, 0.29) is 12.3 Å². The highest BCUT2D eigenvalue weighted by Crippen LogP contribution is 2.44. The fourth-order valence-electron chi connectivity index (χ4n) is 3.32. The molecule has 0 spiro atoms. The summed E-state index contributed by atoms with van der Waals surface area (Å²) in [6.07, 6.45) is 0.911. The van der Waals surface area contributed by atoms with E-state index >= 15 is 0 Å². The van der Waals surface area contributed by atoms with Crippen molar-refractivity contribution in [1.82, 2.24) is 5.01 Å². The van der Waals surface area contributed by atoms with E-state index in [9.17, 15) is 0 Å². The second-order valence-corrected chi connectivity index (χ2v) is 7.36. The number of rotatable bonds is 2. The lowest BCUT2D eigenvalue weighted by atomic mass is 9.95. The van der Waals surface area contributed by atoms with Crippen LogP contribution in [0.4, 0.5) is 0 Å². The van der Waals surface area contributed by atoms with Crippen molar-refractivity contribution in [2.24, 2.45) is 11.0 Å². The van der Waals surface area contributed by atoms with Crippen molar-refractivity contribution >= 4 is 21.6 Å². The van der Waals surface area contributed by atoms with Crippen molar-refractivity contribution < 1.29 is 4.74 Å². The summed E-state index contributed by atoms with van der Waals surface area (Å²) in [6.45, 7) is 4.37. The van der Waals surface area contributed by atoms with Gasteiger partial charge in [0.15, 0.2) is 6.23 Å². The molecule has 0 amide bonds. The van der Waals surface area contributed by atoms with Crippen molar-refractivity contribution in [3.63, 3.8) is 0 Å². The Hall–Kier alpha value is -1.81. The Morgan fingerprint density at radius 1 is 1.13 bits per heavy atom. The summed E-state index contributed by atoms with van der Waals surface area (Å²) >= 11 is 3.49. The molecule has 2 atom stereocenters. The quantitative estimate of drug-likeness (QED) is 0.744. The Labute approximate surface area is 145 Å². The number of hydrogen-bond acceptors (Lipinski definition) is 3. The maximum absolute atomic E-state index is 6.22. The van der Waals surface area contributed by atoms with E-state index < -0.39 is 0 Å². The zero-order chi connectivity index (χ0) is 16.0. The third-order valence-electron chi connectivity index (χ3n) is 4.48. The number of hydrogen-bond donors (Lipinski definition) is 0. The van der Waals surface area contributed by atoms with Crippen LogP contribution in [0.2, 0.25) is 0 Å². The van der Waals surface area contributed by atoms with Gasteiger partial charge in [0.25, 0.3) is 0 Å². The molecule has 0 N–H and O–H groups in total. The van der Waals surface area contributed by atoms with E-state index in [1.165, 1.54) is 11.1 Å². The maximum atomic E-state index is 6.22. The van der Waals surface area contributed by atoms with Crippen molar-refractivity contribution in [3.05, 3.63) is 64.1 Å². The zero-order valence-electron chi connectivity index (χ0n) is 13.2. The SMILES string of the molecule is CC(C)[C@H]1Oc2ccccc2[C@@H]2CC(c3ccc(Br)cc3)=NN12. The molecule has 3 nitrogen and oxygen atoms in total. The highest BCUT2D eigenvalue weighted by Gasteiger charge is 2.41. The minimum absolute atomic E-state index is 0.0113. The van der Waals surface area contributed by atoms with E-state index in [1.807, 2.05) is 6.07 Å². The molecule has 4 heteroatoms. The largest absolute Gasteiger partial charge is 0.468 e. The maximum Gasteiger partial charge on any atom is 0.190 e. The van der Waals surface area contributed by atoms with E-state index in [0.717, 1.165) is 22.4 Å². The van der Waals surface area contributed by atoms with Gasteiger partial charge in [-0.2, -0.15) is 5.10 Å². The van der Waals surface area contributed by atoms with Crippen LogP contribution in [0.25, 0.3) is 0 Å². The first-order chi connectivity index (χ1) is 11.1. The van der Waals surface area contributed by atoms with Gasteiger partial charge in [-0.15, -0.1) is 0 Å². The lowest BCUT2D eigenvalue weighted by molar-refractivity contribution is -0.0461. The second-order valence-electron chi connectivity index (χ2n) is 6.44. The number of benzene rings is 2. The molecule has 0 aromatic heterocycles. The Bertz CT molecular complexity index is 754. The van der Waals surface area contributed by atoms with Crippen molar-refractivity contribution in [2.45, 2.75) is 32.5 Å². The average Bonchev–Trinajstić information content (AvgIpc) is 3.00. The topological polar surface area (TPSA) is 24.8 Å². The normalized spacial score (nSPS) is 22.4. The summed E-state index contributed by atoms with van der Waals surface area (Å²) in [4.78, 5) is 0. The molecule has 2 aliphatic rings. The fourth-order valence-corrected chi connectivity index (χ4v) is 3.58. The van der Waals surface area contributed by atoms with Gasteiger partial charge in [0.2, 0.25) is 0 Å². The molecule has 0 saturated heterocycles. The summed E-state index contributed by atoms with van der Waals surface area (Å²) in [5, 5.41) is 7.08. The van der Waals surface area contributed by atoms with Crippen LogP contribution >= 0.6 is 15.9 Å². The number of fused-ring (bicyclic) bond motifs is 3. The highest BCUT2D eigenvalue weighted by atomic mass is 79.9. The van der Waals surface area contributed by atoms with Gasteiger partial charge in [-0.25, -0.2) is 5.01 Å². The molecular weight excluding hydrogens is 352 g/mol. The van der Waals surface area contributed by atoms with Crippen LogP contribution in [0.1, 0.15) is 37.4 Å². The first kappa shape index (κ1) is 14.8. The highest BCUT2D eigenvalue weighted by molar-refractivity contribution is 9.10. The number of para-hydroxylation sites is 1. The molecule has 118 valence electrons. The Balaban J connectivity index is 1.74. The first-order valence-electron chi connectivity index (χ1n) is 8.01. The third kappa shape index (κ3) is 2.55. The fraction of sp³-hybridized carbons (Fsp3) is 0.316. The summed E-state index contributed by atoms with van der Waals surface area (Å²) in [6, 6.07) is 17.0. The van der Waals surface area contributed by atoms with E-state index in [1.54, 1.807) is 0 Å². The van der Waals surface area contributed by atoms with Crippen LogP contribution in [0.5, 0.6) is 5.75 Å². The number of nitrogens with zero attached hydrogens (tertiary/aromatic N) is 2. The first-order valence-corrected chi connectivity index (χ1v) is 8.80. The molecule has 2 aliphatic heterocycles. The van der Waals surface area contributed by atoms with Crippen LogP contribution in [-0.2, 0) is 0 Å². The summed E-state index contributed by atoms with van der Waals surface area (Å²) in [7, 11) is 0. The van der Waals surface area contributed by atoms with Crippen molar-refractivity contribution in [3.8, 4) is 5.75 Å². The van der Waals surface area contributed by atoms with Gasteiger partial charge in [0.1, 0.15) is 5.75 Å². The Morgan fingerprint density at radius 3 is 2.61 bits per heavy atom. The van der Waals surface area contributed by atoms with Crippen LogP contribution in [-0.4, -0.2) is 16.9 Å². The van der Waals surface area contributed by atoms with Crippen LogP contribution in [0.3, 0.4) is 0 Å². The van der Waals surface area contributed by atoms with Gasteiger partial charge in [-0.3, -0.25) is 0 Å². The van der Waals surface area contributed by atoms with Crippen LogP contribution in [0.15, 0.2) is 58.1 Å². The smallest absolute Gasteiger partial charge is 0.190 e. The standard InChI is InChI=1S/C19H19BrN2O/c1-12(2)19-22-17(15-5-3-4-6-18(15)23-19)11-16(21-22)13-7-9-14(20)10-8-13/h3-10,12,17,19H,11H2,1-2H3/t17-,19+/m0/s1. The lowest BCUT2D eigenvalue weighted by Crippen LogP contribution is -2.43. The van der Waals surface area contributed by atoms with E-state index in [4.69, 9.17) is 9.84 Å². The van der Waals surface area contributed by atoms with E-state index in [0.29, 0.717) is 5.92 Å². The van der Waals surface area contributed by atoms with Gasteiger partial charge in [0.05, 0.1) is 11.8 Å². The van der Waals surface area contributed by atoms with Crippen molar-refractivity contribution in [1.29, 1.82) is 0 Å². The molecule has 2 aromatic rings. The molecule has 0 saturated carbocycles. The van der Waals surface area contributed by atoms with Crippen LogP contribution in [0, 0.1) is 5.92 Å². The van der Waals surface area contributed by atoms with E-state index in [2.05, 4.69) is 77.3 Å². The molecule has 4 rings (SSSR count). The summed E-state index contributed by atoms with van der Waals surface area (Å²) < 4.78 is 7.31. The lowest BCUT2D eigenvalue weighted by Gasteiger charge is -2.39. The zero-order valence-corrected chi connectivity index (χ0v) is 14.8. The summed E-state index contributed by atoms with van der Waals surface area (Å²) in [5.74, 6) is 1.37. The van der Waals surface area contributed by atoms with Crippen molar-refractivity contribution in [2.75, 3.05) is 0 Å². The summed E-state index contributed by atoms with van der Waals surface area (Å²) in [5.41, 5.74) is 3.55. The molecule has 2 aromatic carbocycles. The number of hydrazone groups is 1. The number of halogens is 1. The molecule has 0 bridgehead atoms. The predicted molar refractivity (Wildman–Crippen MR) is 95.6 cm³/mol. The Kier molecular flexibility index (Phi) is 3.64. The second kappa shape index (κ2) is 5.68. The van der Waals surface area contributed by atoms with Gasteiger partial charge >= 0.3 is 0 Å².